The van der Waals surface area contributed by atoms with Gasteiger partial charge < -0.3 is 4.55 Å². The SMILES string of the molecule is CCCC(=O)C[S+]1CCCC1.CCCCS(=O)(=O)[O-]. The van der Waals surface area contributed by atoms with Gasteiger partial charge >= 0.3 is 0 Å². The Bertz CT molecular complexity index is 333. The van der Waals surface area contributed by atoms with E-state index in [1.54, 1.807) is 0 Å². The zero-order chi connectivity index (χ0) is 14.7. The van der Waals surface area contributed by atoms with E-state index in [-0.39, 0.29) is 5.75 Å². The number of unbranched alkanes of at least 4 members (excludes halogenated alkanes) is 1. The van der Waals surface area contributed by atoms with Crippen LogP contribution in [0.2, 0.25) is 0 Å². The predicted octanol–water partition coefficient (Wildman–Crippen LogP) is 2.10. The monoisotopic (exact) mass is 310 g/mol. The first kappa shape index (κ1) is 18.9. The first-order chi connectivity index (χ1) is 8.89. The highest BCUT2D eigenvalue weighted by Gasteiger charge is 2.26. The van der Waals surface area contributed by atoms with Crippen molar-refractivity contribution in [2.75, 3.05) is 23.0 Å². The van der Waals surface area contributed by atoms with Gasteiger partial charge in [0.25, 0.3) is 0 Å². The van der Waals surface area contributed by atoms with Crippen molar-refractivity contribution in [2.24, 2.45) is 0 Å². The number of hydrogen-bond acceptors (Lipinski definition) is 4. The fourth-order valence-electron chi connectivity index (χ4n) is 1.76. The Hall–Kier alpha value is -0.0700. The van der Waals surface area contributed by atoms with Gasteiger partial charge in [-0.1, -0.05) is 20.3 Å². The lowest BCUT2D eigenvalue weighted by atomic mass is 10.3. The molecule has 0 saturated carbocycles. The fourth-order valence-corrected chi connectivity index (χ4v) is 4.72. The maximum absolute atomic E-state index is 11.2. The van der Waals surface area contributed by atoms with E-state index < -0.39 is 10.1 Å². The van der Waals surface area contributed by atoms with E-state index in [2.05, 4.69) is 6.92 Å². The Balaban J connectivity index is 0.000000362. The van der Waals surface area contributed by atoms with Crippen LogP contribution < -0.4 is 0 Å². The highest BCUT2D eigenvalue weighted by Crippen LogP contribution is 2.13. The molecule has 1 aliphatic heterocycles. The summed E-state index contributed by atoms with van der Waals surface area (Å²) in [5.41, 5.74) is 0. The van der Waals surface area contributed by atoms with E-state index in [0.29, 0.717) is 23.1 Å². The quantitative estimate of drug-likeness (QED) is 0.533. The molecule has 0 atom stereocenters. The van der Waals surface area contributed by atoms with Crippen LogP contribution in [0.5, 0.6) is 0 Å². The first-order valence-electron chi connectivity index (χ1n) is 6.98. The number of Topliss-reactive ketones (excluding diaryl/α,β-unsaturated/α-hetero) is 1. The van der Waals surface area contributed by atoms with Crippen molar-refractivity contribution >= 4 is 26.8 Å². The van der Waals surface area contributed by atoms with Gasteiger partial charge in [-0.15, -0.1) is 0 Å². The van der Waals surface area contributed by atoms with Crippen molar-refractivity contribution in [3.8, 4) is 0 Å². The van der Waals surface area contributed by atoms with Crippen LogP contribution in [0.3, 0.4) is 0 Å². The molecule has 0 amide bonds. The molecular weight excluding hydrogens is 284 g/mol. The average molecular weight is 310 g/mol. The molecule has 1 saturated heterocycles. The van der Waals surface area contributed by atoms with Crippen LogP contribution in [0.1, 0.15) is 52.4 Å². The molecule has 0 radical (unpaired) electrons. The van der Waals surface area contributed by atoms with Crippen LogP contribution in [0, 0.1) is 0 Å². The number of hydrogen-bond donors (Lipinski definition) is 0. The number of carbonyl (C=O) groups is 1. The minimum absolute atomic E-state index is 0.219. The van der Waals surface area contributed by atoms with Gasteiger partial charge in [0, 0.05) is 12.2 Å². The summed E-state index contributed by atoms with van der Waals surface area (Å²) in [6.45, 7) is 3.92. The predicted molar refractivity (Wildman–Crippen MR) is 80.6 cm³/mol. The standard InChI is InChI=1S/C9H17OS.C4H10O3S/c1-2-5-9(10)8-11-6-3-4-7-11;1-2-3-4-8(5,6)7/h2-8H2,1H3;2-4H2,1H3,(H,5,6,7)/q+1;/p-1. The van der Waals surface area contributed by atoms with Crippen LogP contribution >= 0.6 is 0 Å². The number of carbonyl (C=O) groups excluding carboxylic acids is 1. The van der Waals surface area contributed by atoms with Gasteiger partial charge in [-0.3, -0.25) is 4.79 Å². The summed E-state index contributed by atoms with van der Waals surface area (Å²) in [7, 11) is -3.44. The molecular formula is C13H26O4S2. The van der Waals surface area contributed by atoms with Gasteiger partial charge in [-0.25, -0.2) is 8.42 Å². The second kappa shape index (κ2) is 10.7. The number of ketones is 1. The lowest BCUT2D eigenvalue weighted by molar-refractivity contribution is -0.116. The van der Waals surface area contributed by atoms with Crippen molar-refractivity contribution in [2.45, 2.75) is 52.4 Å². The highest BCUT2D eigenvalue weighted by atomic mass is 32.2. The fraction of sp³-hybridized carbons (Fsp3) is 0.923. The van der Waals surface area contributed by atoms with Crippen molar-refractivity contribution in [3.63, 3.8) is 0 Å². The highest BCUT2D eigenvalue weighted by molar-refractivity contribution is 7.97. The van der Waals surface area contributed by atoms with Gasteiger partial charge in [-0.2, -0.15) is 0 Å². The molecule has 6 heteroatoms. The Morgan fingerprint density at radius 2 is 1.74 bits per heavy atom. The van der Waals surface area contributed by atoms with Gasteiger partial charge in [0.05, 0.1) is 10.1 Å². The summed E-state index contributed by atoms with van der Waals surface area (Å²) in [5.74, 6) is 3.83. The summed E-state index contributed by atoms with van der Waals surface area (Å²) >= 11 is 0. The van der Waals surface area contributed by atoms with Crippen molar-refractivity contribution in [3.05, 3.63) is 0 Å². The van der Waals surface area contributed by atoms with Crippen molar-refractivity contribution in [1.29, 1.82) is 0 Å². The van der Waals surface area contributed by atoms with E-state index in [0.717, 1.165) is 25.0 Å². The van der Waals surface area contributed by atoms with Crippen LogP contribution in [0.4, 0.5) is 0 Å². The lowest BCUT2D eigenvalue weighted by Crippen LogP contribution is -2.17. The van der Waals surface area contributed by atoms with Crippen LogP contribution in [0.15, 0.2) is 0 Å². The molecule has 19 heavy (non-hydrogen) atoms. The third kappa shape index (κ3) is 12.7. The normalized spacial score (nSPS) is 15.9. The van der Waals surface area contributed by atoms with Gasteiger partial charge in [0.2, 0.25) is 0 Å². The molecule has 0 aliphatic carbocycles. The molecule has 1 heterocycles. The smallest absolute Gasteiger partial charge is 0.181 e. The van der Waals surface area contributed by atoms with Gasteiger partial charge in [0.1, 0.15) is 11.5 Å². The maximum Gasteiger partial charge on any atom is 0.181 e. The molecule has 0 N–H and O–H groups in total. The zero-order valence-electron chi connectivity index (χ0n) is 12.0. The van der Waals surface area contributed by atoms with E-state index in [1.807, 2.05) is 6.92 Å². The molecule has 0 aromatic rings. The number of rotatable bonds is 7. The molecule has 1 aliphatic rings. The largest absolute Gasteiger partial charge is 0.748 e. The molecule has 4 nitrogen and oxygen atoms in total. The topological polar surface area (TPSA) is 74.3 Å². The van der Waals surface area contributed by atoms with E-state index >= 15 is 0 Å². The molecule has 1 fully saturated rings. The van der Waals surface area contributed by atoms with E-state index in [1.165, 1.54) is 24.3 Å². The zero-order valence-corrected chi connectivity index (χ0v) is 13.7. The first-order valence-corrected chi connectivity index (χ1v) is 10.3. The molecule has 0 bridgehead atoms. The second-order valence-electron chi connectivity index (χ2n) is 4.78. The second-order valence-corrected chi connectivity index (χ2v) is 8.63. The van der Waals surface area contributed by atoms with Gasteiger partial charge in [-0.05, 0) is 36.6 Å². The molecule has 0 spiro atoms. The van der Waals surface area contributed by atoms with Gasteiger partial charge in [0.15, 0.2) is 11.5 Å². The molecule has 114 valence electrons. The summed E-state index contributed by atoms with van der Waals surface area (Å²) in [6, 6.07) is 0. The van der Waals surface area contributed by atoms with Crippen molar-refractivity contribution in [1.82, 2.24) is 0 Å². The Labute approximate surface area is 120 Å². The third-order valence-corrected chi connectivity index (χ3v) is 6.01. The van der Waals surface area contributed by atoms with Crippen molar-refractivity contribution < 1.29 is 17.8 Å². The Morgan fingerprint density at radius 1 is 1.16 bits per heavy atom. The average Bonchev–Trinajstić information content (AvgIpc) is 2.79. The third-order valence-electron chi connectivity index (χ3n) is 2.76. The Morgan fingerprint density at radius 3 is 2.11 bits per heavy atom. The molecule has 0 aromatic carbocycles. The summed E-state index contributed by atoms with van der Waals surface area (Å²) < 4.78 is 29.5. The lowest BCUT2D eigenvalue weighted by Gasteiger charge is -2.02. The Kier molecular flexibility index (Phi) is 10.6. The van der Waals surface area contributed by atoms with E-state index in [9.17, 15) is 17.8 Å². The summed E-state index contributed by atoms with van der Waals surface area (Å²) in [5, 5.41) is 0. The molecule has 1 rings (SSSR count). The van der Waals surface area contributed by atoms with Crippen LogP contribution in [-0.4, -0.2) is 41.8 Å². The maximum atomic E-state index is 11.2. The van der Waals surface area contributed by atoms with E-state index in [4.69, 9.17) is 0 Å². The minimum atomic E-state index is -3.94. The molecule has 0 unspecified atom stereocenters. The van der Waals surface area contributed by atoms with Crippen LogP contribution in [0.25, 0.3) is 0 Å². The van der Waals surface area contributed by atoms with Crippen LogP contribution in [-0.2, 0) is 25.8 Å². The summed E-state index contributed by atoms with van der Waals surface area (Å²) in [6.07, 6.45) is 5.79. The minimum Gasteiger partial charge on any atom is -0.748 e. The summed E-state index contributed by atoms with van der Waals surface area (Å²) in [4.78, 5) is 11.2. The molecule has 0 aromatic heterocycles.